The SMILES string of the molecule is CSC1(CNS(=O)(=O)N(C)CCCNC(C)C)CCCC1. The van der Waals surface area contributed by atoms with Crippen molar-refractivity contribution in [3.8, 4) is 0 Å². The van der Waals surface area contributed by atoms with Crippen LogP contribution in [0.25, 0.3) is 0 Å². The van der Waals surface area contributed by atoms with Gasteiger partial charge in [0, 0.05) is 30.9 Å². The first-order chi connectivity index (χ1) is 9.81. The first-order valence-electron chi connectivity index (χ1n) is 7.81. The highest BCUT2D eigenvalue weighted by Gasteiger charge is 2.34. The number of nitrogens with zero attached hydrogens (tertiary/aromatic N) is 1. The summed E-state index contributed by atoms with van der Waals surface area (Å²) in [5.41, 5.74) is 0. The molecule has 0 saturated heterocycles. The Labute approximate surface area is 134 Å². The third kappa shape index (κ3) is 6.44. The van der Waals surface area contributed by atoms with Gasteiger partial charge in [-0.25, -0.2) is 4.72 Å². The minimum absolute atomic E-state index is 0.104. The van der Waals surface area contributed by atoms with Crippen LogP contribution in [0.2, 0.25) is 0 Å². The maximum Gasteiger partial charge on any atom is 0.279 e. The van der Waals surface area contributed by atoms with E-state index in [1.807, 2.05) is 0 Å². The molecule has 1 aliphatic carbocycles. The normalized spacial score (nSPS) is 18.8. The molecule has 21 heavy (non-hydrogen) atoms. The van der Waals surface area contributed by atoms with E-state index in [4.69, 9.17) is 0 Å². The average Bonchev–Trinajstić information content (AvgIpc) is 2.90. The molecule has 0 amide bonds. The molecule has 0 atom stereocenters. The number of hydrogen-bond donors (Lipinski definition) is 2. The van der Waals surface area contributed by atoms with E-state index in [1.165, 1.54) is 17.1 Å². The van der Waals surface area contributed by atoms with Gasteiger partial charge in [-0.2, -0.15) is 24.5 Å². The molecule has 7 heteroatoms. The lowest BCUT2D eigenvalue weighted by atomic mass is 10.1. The molecule has 1 rings (SSSR count). The Bertz CT molecular complexity index is 393. The van der Waals surface area contributed by atoms with Crippen LogP contribution < -0.4 is 10.0 Å². The second-order valence-electron chi connectivity index (χ2n) is 6.20. The summed E-state index contributed by atoms with van der Waals surface area (Å²) in [6, 6.07) is 0.439. The summed E-state index contributed by atoms with van der Waals surface area (Å²) >= 11 is 1.80. The Morgan fingerprint density at radius 1 is 1.29 bits per heavy atom. The second kappa shape index (κ2) is 8.72. The lowest BCUT2D eigenvalue weighted by Crippen LogP contribution is -2.45. The van der Waals surface area contributed by atoms with Gasteiger partial charge in [0.1, 0.15) is 0 Å². The number of thioether (sulfide) groups is 1. The Morgan fingerprint density at radius 2 is 1.90 bits per heavy atom. The minimum Gasteiger partial charge on any atom is -0.314 e. The van der Waals surface area contributed by atoms with Gasteiger partial charge in [0.25, 0.3) is 10.2 Å². The topological polar surface area (TPSA) is 61.4 Å². The highest BCUT2D eigenvalue weighted by molar-refractivity contribution is 8.00. The molecule has 0 aromatic heterocycles. The molecule has 0 aromatic carbocycles. The first kappa shape index (κ1) is 19.2. The molecule has 1 aliphatic rings. The van der Waals surface area contributed by atoms with Crippen molar-refractivity contribution in [1.29, 1.82) is 0 Å². The van der Waals surface area contributed by atoms with E-state index in [-0.39, 0.29) is 4.75 Å². The van der Waals surface area contributed by atoms with Crippen molar-refractivity contribution in [2.24, 2.45) is 0 Å². The number of nitrogens with one attached hydrogen (secondary N) is 2. The van der Waals surface area contributed by atoms with Crippen LogP contribution in [0.5, 0.6) is 0 Å². The van der Waals surface area contributed by atoms with Gasteiger partial charge >= 0.3 is 0 Å². The van der Waals surface area contributed by atoms with Crippen molar-refractivity contribution in [1.82, 2.24) is 14.3 Å². The molecule has 0 aliphatic heterocycles. The first-order valence-corrected chi connectivity index (χ1v) is 10.5. The molecule has 0 bridgehead atoms. The molecule has 0 aromatic rings. The van der Waals surface area contributed by atoms with Gasteiger partial charge in [-0.3, -0.25) is 0 Å². The highest BCUT2D eigenvalue weighted by atomic mass is 32.2. The average molecular weight is 338 g/mol. The minimum atomic E-state index is -3.35. The lowest BCUT2D eigenvalue weighted by Gasteiger charge is -2.28. The van der Waals surface area contributed by atoms with Crippen LogP contribution in [-0.4, -0.2) is 56.4 Å². The fourth-order valence-electron chi connectivity index (χ4n) is 2.62. The van der Waals surface area contributed by atoms with E-state index in [2.05, 4.69) is 30.1 Å². The van der Waals surface area contributed by atoms with Gasteiger partial charge < -0.3 is 5.32 Å². The van der Waals surface area contributed by atoms with Crippen molar-refractivity contribution in [2.45, 2.75) is 56.7 Å². The Hall–Kier alpha value is 0.180. The monoisotopic (exact) mass is 337 g/mol. The van der Waals surface area contributed by atoms with Gasteiger partial charge in [-0.05, 0) is 32.1 Å². The molecule has 5 nitrogen and oxygen atoms in total. The van der Waals surface area contributed by atoms with Gasteiger partial charge in [-0.1, -0.05) is 26.7 Å². The third-order valence-electron chi connectivity index (χ3n) is 4.14. The smallest absolute Gasteiger partial charge is 0.279 e. The van der Waals surface area contributed by atoms with Crippen LogP contribution in [0.3, 0.4) is 0 Å². The van der Waals surface area contributed by atoms with Crippen LogP contribution >= 0.6 is 11.8 Å². The van der Waals surface area contributed by atoms with Crippen molar-refractivity contribution >= 4 is 22.0 Å². The van der Waals surface area contributed by atoms with E-state index in [1.54, 1.807) is 18.8 Å². The van der Waals surface area contributed by atoms with E-state index in [9.17, 15) is 8.42 Å². The van der Waals surface area contributed by atoms with Crippen LogP contribution in [0.4, 0.5) is 0 Å². The zero-order chi connectivity index (χ0) is 15.9. The molecule has 2 N–H and O–H groups in total. The van der Waals surface area contributed by atoms with Crippen molar-refractivity contribution < 1.29 is 8.42 Å². The second-order valence-corrected chi connectivity index (χ2v) is 9.34. The molecular formula is C14H31N3O2S2. The quantitative estimate of drug-likeness (QED) is 0.597. The van der Waals surface area contributed by atoms with Gasteiger partial charge in [0.05, 0.1) is 0 Å². The van der Waals surface area contributed by atoms with E-state index in [0.29, 0.717) is 19.1 Å². The summed E-state index contributed by atoms with van der Waals surface area (Å²) < 4.78 is 28.8. The summed E-state index contributed by atoms with van der Waals surface area (Å²) in [6.07, 6.45) is 7.54. The largest absolute Gasteiger partial charge is 0.314 e. The fraction of sp³-hybridized carbons (Fsp3) is 1.00. The standard InChI is InChI=1S/C14H31N3O2S2/c1-13(2)15-10-7-11-17(3)21(18,19)16-12-14(20-4)8-5-6-9-14/h13,15-16H,5-12H2,1-4H3. The third-order valence-corrected chi connectivity index (χ3v) is 7.07. The van der Waals surface area contributed by atoms with Crippen LogP contribution in [-0.2, 0) is 10.2 Å². The summed E-state index contributed by atoms with van der Waals surface area (Å²) in [5.74, 6) is 0. The predicted molar refractivity (Wildman–Crippen MR) is 92.0 cm³/mol. The maximum atomic E-state index is 12.3. The predicted octanol–water partition coefficient (Wildman–Crippen LogP) is 1.82. The number of rotatable bonds is 10. The summed E-state index contributed by atoms with van der Waals surface area (Å²) in [4.78, 5) is 0. The molecule has 0 unspecified atom stereocenters. The summed E-state index contributed by atoms with van der Waals surface area (Å²) in [6.45, 7) is 6.11. The molecule has 0 radical (unpaired) electrons. The Balaban J connectivity index is 2.37. The van der Waals surface area contributed by atoms with Gasteiger partial charge in [0.2, 0.25) is 0 Å². The molecule has 1 saturated carbocycles. The molecule has 1 fully saturated rings. The Kier molecular flexibility index (Phi) is 7.98. The van der Waals surface area contributed by atoms with Crippen molar-refractivity contribution in [3.63, 3.8) is 0 Å². The zero-order valence-electron chi connectivity index (χ0n) is 13.8. The van der Waals surface area contributed by atoms with Crippen LogP contribution in [0.15, 0.2) is 0 Å². The van der Waals surface area contributed by atoms with Gasteiger partial charge in [-0.15, -0.1) is 0 Å². The van der Waals surface area contributed by atoms with Crippen molar-refractivity contribution in [2.75, 3.05) is 32.9 Å². The van der Waals surface area contributed by atoms with E-state index >= 15 is 0 Å². The fourth-order valence-corrected chi connectivity index (χ4v) is 4.67. The molecular weight excluding hydrogens is 306 g/mol. The van der Waals surface area contributed by atoms with E-state index in [0.717, 1.165) is 25.8 Å². The number of hydrogen-bond acceptors (Lipinski definition) is 4. The van der Waals surface area contributed by atoms with Gasteiger partial charge in [0.15, 0.2) is 0 Å². The molecule has 0 spiro atoms. The Morgan fingerprint density at radius 3 is 2.43 bits per heavy atom. The molecule has 0 heterocycles. The zero-order valence-corrected chi connectivity index (χ0v) is 15.4. The van der Waals surface area contributed by atoms with Crippen LogP contribution in [0, 0.1) is 0 Å². The lowest BCUT2D eigenvalue weighted by molar-refractivity contribution is 0.434. The summed E-state index contributed by atoms with van der Waals surface area (Å²) in [5, 5.41) is 3.30. The van der Waals surface area contributed by atoms with Crippen molar-refractivity contribution in [3.05, 3.63) is 0 Å². The molecule has 126 valence electrons. The van der Waals surface area contributed by atoms with E-state index < -0.39 is 10.2 Å². The summed E-state index contributed by atoms with van der Waals surface area (Å²) in [7, 11) is -1.70. The van der Waals surface area contributed by atoms with Crippen LogP contribution in [0.1, 0.15) is 46.0 Å². The highest BCUT2D eigenvalue weighted by Crippen LogP contribution is 2.39. The maximum absolute atomic E-state index is 12.3.